The van der Waals surface area contributed by atoms with Crippen LogP contribution in [0.2, 0.25) is 0 Å². The molecule has 6 fully saturated rings. The third-order valence-corrected chi connectivity index (χ3v) is 17.4. The molecule has 9 N–H and O–H groups in total. The highest BCUT2D eigenvalue weighted by Gasteiger charge is 2.69. The van der Waals surface area contributed by atoms with Crippen LogP contribution in [0.3, 0.4) is 0 Å². The molecule has 2 aliphatic heterocycles. The molecule has 2 heterocycles. The second-order valence-electron chi connectivity index (χ2n) is 20.8. The molecular formula is C42H68O14. The number of aliphatic carboxylic acids is 1. The topological polar surface area (TPSA) is 236 Å². The summed E-state index contributed by atoms with van der Waals surface area (Å²) in [4.78, 5) is 12.2. The molecule has 14 nitrogen and oxygen atoms in total. The van der Waals surface area contributed by atoms with Gasteiger partial charge in [0.15, 0.2) is 18.7 Å². The van der Waals surface area contributed by atoms with E-state index < -0.39 is 85.5 Å². The quantitative estimate of drug-likeness (QED) is 0.132. The number of aliphatic hydroxyl groups excluding tert-OH is 8. The lowest BCUT2D eigenvalue weighted by molar-refractivity contribution is -0.375. The minimum absolute atomic E-state index is 0.0149. The van der Waals surface area contributed by atoms with E-state index in [2.05, 4.69) is 47.6 Å². The summed E-state index contributed by atoms with van der Waals surface area (Å²) in [5, 5.41) is 96.0. The Hall–Kier alpha value is -1.27. The predicted molar refractivity (Wildman–Crippen MR) is 199 cm³/mol. The molecule has 0 radical (unpaired) electrons. The predicted octanol–water partition coefficient (Wildman–Crippen LogP) is 1.85. The molecule has 7 aliphatic rings. The highest BCUT2D eigenvalue weighted by molar-refractivity contribution is 5.73. The number of aliphatic hydroxyl groups is 8. The van der Waals surface area contributed by atoms with E-state index in [-0.39, 0.29) is 45.7 Å². The molecule has 0 unspecified atom stereocenters. The standard InChI is InChI=1S/C42H68O14/c1-37(2)16-21-20-8-9-24-39(4)12-11-26(40(5,19-44)23(39)10-13-42(24,7)41(20,6)15-14-38(21,3)25(45)17-37)54-36-33(30(49)29(48)32(55-36)34(51)52)56-35-31(50)28(47)27(46)22(18-43)53-35/h8,21-33,35-36,43-50H,9-19H2,1-7H3,(H,51,52)/t21-,22-,23-,24-,25-,26+,27+,28+,29+,30+,31-,32+,33-,35+,36-,38-,39+,40-,41-,42-/m1/s1. The molecule has 0 aromatic carbocycles. The van der Waals surface area contributed by atoms with Crippen molar-refractivity contribution < 1.29 is 69.7 Å². The smallest absolute Gasteiger partial charge is 0.335 e. The Morgan fingerprint density at radius 3 is 2.09 bits per heavy atom. The minimum Gasteiger partial charge on any atom is -0.479 e. The van der Waals surface area contributed by atoms with E-state index in [1.807, 2.05) is 6.92 Å². The van der Waals surface area contributed by atoms with Gasteiger partial charge in [-0.2, -0.15) is 0 Å². The maximum atomic E-state index is 12.2. The Bertz CT molecular complexity index is 1520. The monoisotopic (exact) mass is 796 g/mol. The fourth-order valence-electron chi connectivity index (χ4n) is 13.7. The van der Waals surface area contributed by atoms with Gasteiger partial charge < -0.3 is 64.9 Å². The van der Waals surface area contributed by atoms with Crippen molar-refractivity contribution in [3.05, 3.63) is 11.6 Å². The van der Waals surface area contributed by atoms with Gasteiger partial charge in [0.05, 0.1) is 25.4 Å². The van der Waals surface area contributed by atoms with Crippen LogP contribution in [0.4, 0.5) is 0 Å². The molecule has 5 aliphatic carbocycles. The number of allylic oxidation sites excluding steroid dienone is 2. The lowest BCUT2D eigenvalue weighted by Crippen LogP contribution is -2.68. The van der Waals surface area contributed by atoms with Crippen molar-refractivity contribution in [2.75, 3.05) is 13.2 Å². The molecule has 0 spiro atoms. The average molecular weight is 797 g/mol. The first-order valence-corrected chi connectivity index (χ1v) is 20.9. The normalized spacial score (nSPS) is 55.5. The Labute approximate surface area is 330 Å². The van der Waals surface area contributed by atoms with Gasteiger partial charge in [-0.3, -0.25) is 0 Å². The maximum Gasteiger partial charge on any atom is 0.335 e. The number of carbonyl (C=O) groups is 1. The van der Waals surface area contributed by atoms with E-state index in [9.17, 15) is 50.8 Å². The van der Waals surface area contributed by atoms with Gasteiger partial charge in [0.1, 0.15) is 42.7 Å². The summed E-state index contributed by atoms with van der Waals surface area (Å²) in [5.74, 6) is -0.954. The van der Waals surface area contributed by atoms with Gasteiger partial charge in [0.25, 0.3) is 0 Å². The third kappa shape index (κ3) is 6.21. The van der Waals surface area contributed by atoms with Crippen LogP contribution in [-0.4, -0.2) is 139 Å². The fraction of sp³-hybridized carbons (Fsp3) is 0.929. The molecule has 4 saturated carbocycles. The first-order valence-electron chi connectivity index (χ1n) is 20.9. The lowest BCUT2D eigenvalue weighted by Gasteiger charge is -2.72. The van der Waals surface area contributed by atoms with E-state index >= 15 is 0 Å². The zero-order valence-corrected chi connectivity index (χ0v) is 34.1. The van der Waals surface area contributed by atoms with Crippen molar-refractivity contribution in [1.29, 1.82) is 0 Å². The van der Waals surface area contributed by atoms with Gasteiger partial charge in [0, 0.05) is 10.8 Å². The van der Waals surface area contributed by atoms with Crippen molar-refractivity contribution in [3.8, 4) is 0 Å². The van der Waals surface area contributed by atoms with Gasteiger partial charge in [-0.1, -0.05) is 60.1 Å². The first-order chi connectivity index (χ1) is 26.0. The zero-order chi connectivity index (χ0) is 41.1. The van der Waals surface area contributed by atoms with Crippen LogP contribution >= 0.6 is 0 Å². The fourth-order valence-corrected chi connectivity index (χ4v) is 13.7. The number of fused-ring (bicyclic) bond motifs is 7. The van der Waals surface area contributed by atoms with Gasteiger partial charge in [-0.05, 0) is 97.2 Å². The third-order valence-electron chi connectivity index (χ3n) is 17.4. The summed E-state index contributed by atoms with van der Waals surface area (Å²) in [5.41, 5.74) is 0.271. The number of carboxylic acids is 1. The molecule has 0 aromatic rings. The van der Waals surface area contributed by atoms with Crippen molar-refractivity contribution >= 4 is 5.97 Å². The summed E-state index contributed by atoms with van der Waals surface area (Å²) >= 11 is 0. The van der Waals surface area contributed by atoms with Crippen molar-refractivity contribution in [2.45, 2.75) is 180 Å². The minimum atomic E-state index is -1.97. The van der Waals surface area contributed by atoms with Crippen LogP contribution in [0.15, 0.2) is 11.6 Å². The lowest BCUT2D eigenvalue weighted by atomic mass is 9.33. The Kier molecular flexibility index (Phi) is 11.0. The number of hydrogen-bond acceptors (Lipinski definition) is 13. The number of ether oxygens (including phenoxy) is 4. The Morgan fingerprint density at radius 2 is 1.45 bits per heavy atom. The molecule has 56 heavy (non-hydrogen) atoms. The summed E-state index contributed by atoms with van der Waals surface area (Å²) < 4.78 is 23.8. The van der Waals surface area contributed by atoms with Crippen molar-refractivity contribution in [1.82, 2.24) is 0 Å². The molecule has 7 rings (SSSR count). The second-order valence-corrected chi connectivity index (χ2v) is 20.8. The molecule has 0 bridgehead atoms. The molecule has 0 aromatic heterocycles. The zero-order valence-electron chi connectivity index (χ0n) is 34.1. The SMILES string of the molecule is CC1(C)C[C@@H](O)[C@]2(C)CC[C@]3(C)C(=CC[C@@H]4[C@@]5(C)CC[C@H](O[C@@H]6O[C@H](C(=O)O)[C@@H](O)[C@H](O)[C@H]6O[C@@H]6O[C@H](CO)[C@H](O)[C@H](O)[C@H]6O)[C@](C)(CO)[C@@H]5CC[C@]43C)[C@H]2C1. The van der Waals surface area contributed by atoms with Crippen LogP contribution in [0.25, 0.3) is 0 Å². The number of rotatable bonds is 7. The van der Waals surface area contributed by atoms with Gasteiger partial charge in [0.2, 0.25) is 0 Å². The van der Waals surface area contributed by atoms with Crippen LogP contribution < -0.4 is 0 Å². The van der Waals surface area contributed by atoms with Crippen LogP contribution in [0.5, 0.6) is 0 Å². The first kappa shape index (κ1) is 42.8. The molecule has 2 saturated heterocycles. The summed E-state index contributed by atoms with van der Waals surface area (Å²) in [7, 11) is 0. The maximum absolute atomic E-state index is 12.2. The number of carboxylic acid groups (broad SMARTS) is 1. The summed E-state index contributed by atoms with van der Waals surface area (Å²) in [6.45, 7) is 15.2. The van der Waals surface area contributed by atoms with E-state index in [0.717, 1.165) is 51.4 Å². The summed E-state index contributed by atoms with van der Waals surface area (Å²) in [6.07, 6.45) is -8.23. The molecule has 0 amide bonds. The van der Waals surface area contributed by atoms with Gasteiger partial charge >= 0.3 is 5.97 Å². The van der Waals surface area contributed by atoms with Gasteiger partial charge in [-0.25, -0.2) is 4.79 Å². The molecule has 20 atom stereocenters. The Balaban J connectivity index is 1.17. The van der Waals surface area contributed by atoms with E-state index in [1.54, 1.807) is 0 Å². The Morgan fingerprint density at radius 1 is 0.750 bits per heavy atom. The van der Waals surface area contributed by atoms with Crippen molar-refractivity contribution in [2.24, 2.45) is 50.2 Å². The van der Waals surface area contributed by atoms with Crippen LogP contribution in [-0.2, 0) is 23.7 Å². The van der Waals surface area contributed by atoms with E-state index in [0.29, 0.717) is 18.3 Å². The molecular weight excluding hydrogens is 728 g/mol. The van der Waals surface area contributed by atoms with E-state index in [4.69, 9.17) is 18.9 Å². The van der Waals surface area contributed by atoms with Crippen molar-refractivity contribution in [3.63, 3.8) is 0 Å². The number of hydrogen-bond donors (Lipinski definition) is 9. The molecule has 320 valence electrons. The van der Waals surface area contributed by atoms with E-state index in [1.165, 1.54) is 5.57 Å². The highest BCUT2D eigenvalue weighted by atomic mass is 16.8. The second kappa shape index (κ2) is 14.4. The highest BCUT2D eigenvalue weighted by Crippen LogP contribution is 2.76. The van der Waals surface area contributed by atoms with Crippen LogP contribution in [0.1, 0.15) is 106 Å². The summed E-state index contributed by atoms with van der Waals surface area (Å²) in [6, 6.07) is 0. The van der Waals surface area contributed by atoms with Gasteiger partial charge in [-0.15, -0.1) is 0 Å². The average Bonchev–Trinajstić information content (AvgIpc) is 3.13. The largest absolute Gasteiger partial charge is 0.479 e. The molecule has 14 heteroatoms. The van der Waals surface area contributed by atoms with Crippen LogP contribution in [0, 0.1) is 50.2 Å².